The number of hydrogen-bond acceptors (Lipinski definition) is 7. The number of carbonyl (C=O) groups excluding carboxylic acids is 1. The van der Waals surface area contributed by atoms with Crippen LogP contribution in [0, 0.1) is 22.7 Å². The molecule has 8 nitrogen and oxygen atoms in total. The normalized spacial score (nSPS) is 22.7. The highest BCUT2D eigenvalue weighted by Gasteiger charge is 2.38. The van der Waals surface area contributed by atoms with Crippen LogP contribution >= 0.6 is 0 Å². The Hall–Kier alpha value is -3.69. The van der Waals surface area contributed by atoms with Gasteiger partial charge in [0, 0.05) is 36.8 Å². The van der Waals surface area contributed by atoms with Crippen LogP contribution in [-0.4, -0.2) is 47.1 Å². The lowest BCUT2D eigenvalue weighted by molar-refractivity contribution is -0.133. The number of nitrogens with one attached hydrogen (secondary N) is 1. The summed E-state index contributed by atoms with van der Waals surface area (Å²) < 4.78 is 19.5. The number of nitriles is 2. The molecule has 1 amide bonds. The summed E-state index contributed by atoms with van der Waals surface area (Å²) in [6, 6.07) is 11.2. The third-order valence-corrected chi connectivity index (χ3v) is 5.63. The van der Waals surface area contributed by atoms with E-state index in [4.69, 9.17) is 15.7 Å². The van der Waals surface area contributed by atoms with Crippen molar-refractivity contribution in [2.75, 3.05) is 18.4 Å². The Kier molecular flexibility index (Phi) is 5.70. The molecule has 0 saturated carbocycles. The molecule has 1 fully saturated rings. The molecule has 3 heterocycles. The van der Waals surface area contributed by atoms with E-state index in [0.717, 1.165) is 11.3 Å². The summed E-state index contributed by atoms with van der Waals surface area (Å²) >= 11 is 0. The topological polar surface area (TPSA) is 128 Å². The second-order valence-electron chi connectivity index (χ2n) is 7.74. The van der Waals surface area contributed by atoms with Gasteiger partial charge in [0.15, 0.2) is 0 Å². The van der Waals surface area contributed by atoms with Gasteiger partial charge >= 0.3 is 0 Å². The zero-order chi connectivity index (χ0) is 22.0. The molecule has 2 aliphatic heterocycles. The fourth-order valence-electron chi connectivity index (χ4n) is 4.06. The SMILES string of the molecule is N#Cc1ccc(Oc2ccc3c(c2)C(C[C@H](N)C(=O)N2C[C@@H](F)C[C@H]2C#N)CN3)nc1. The molecule has 1 saturated heterocycles. The number of nitrogens with zero attached hydrogens (tertiary/aromatic N) is 4. The minimum atomic E-state index is -1.19. The second kappa shape index (κ2) is 8.58. The van der Waals surface area contributed by atoms with Gasteiger partial charge in [-0.1, -0.05) is 0 Å². The summed E-state index contributed by atoms with van der Waals surface area (Å²) in [5.41, 5.74) is 8.51. The highest BCUT2D eigenvalue weighted by Crippen LogP contribution is 2.38. The van der Waals surface area contributed by atoms with E-state index in [1.807, 2.05) is 30.3 Å². The standard InChI is InChI=1S/C22H21FN6O2/c23-15-6-16(9-25)29(12-15)22(30)19(26)5-14-11-27-20-3-2-17(7-18(14)20)31-21-4-1-13(8-24)10-28-21/h1-4,7,10,14-16,19,27H,5-6,11-12,26H2/t14?,15-,16-,19-/m0/s1. The number of hydrogen-bond donors (Lipinski definition) is 2. The van der Waals surface area contributed by atoms with Crippen LogP contribution in [0.4, 0.5) is 10.1 Å². The lowest BCUT2D eigenvalue weighted by Gasteiger charge is -2.24. The number of aromatic nitrogens is 1. The van der Waals surface area contributed by atoms with Crippen LogP contribution in [0.15, 0.2) is 36.5 Å². The molecule has 1 unspecified atom stereocenters. The number of amides is 1. The molecular weight excluding hydrogens is 399 g/mol. The quantitative estimate of drug-likeness (QED) is 0.760. The van der Waals surface area contributed by atoms with Crippen molar-refractivity contribution in [1.82, 2.24) is 9.88 Å². The molecule has 2 aromatic rings. The molecule has 158 valence electrons. The predicted octanol–water partition coefficient (Wildman–Crippen LogP) is 2.43. The number of likely N-dealkylation sites (tertiary alicyclic amines) is 1. The molecule has 4 rings (SSSR count). The van der Waals surface area contributed by atoms with Gasteiger partial charge < -0.3 is 20.7 Å². The summed E-state index contributed by atoms with van der Waals surface area (Å²) in [4.78, 5) is 18.1. The highest BCUT2D eigenvalue weighted by atomic mass is 19.1. The van der Waals surface area contributed by atoms with E-state index in [9.17, 15) is 14.4 Å². The number of anilines is 1. The number of halogens is 1. The predicted molar refractivity (Wildman–Crippen MR) is 110 cm³/mol. The van der Waals surface area contributed by atoms with Crippen LogP contribution in [-0.2, 0) is 4.79 Å². The third-order valence-electron chi connectivity index (χ3n) is 5.63. The minimum absolute atomic E-state index is 0.0317. The van der Waals surface area contributed by atoms with Crippen LogP contribution in [0.25, 0.3) is 0 Å². The van der Waals surface area contributed by atoms with Crippen molar-refractivity contribution in [1.29, 1.82) is 10.5 Å². The van der Waals surface area contributed by atoms with Gasteiger partial charge in [-0.2, -0.15) is 10.5 Å². The molecular formula is C22H21FN6O2. The highest BCUT2D eigenvalue weighted by molar-refractivity contribution is 5.83. The number of benzene rings is 1. The van der Waals surface area contributed by atoms with E-state index in [1.165, 1.54) is 11.1 Å². The van der Waals surface area contributed by atoms with Gasteiger partial charge in [-0.05, 0) is 36.2 Å². The minimum Gasteiger partial charge on any atom is -0.439 e. The molecule has 0 bridgehead atoms. The molecule has 0 radical (unpaired) electrons. The van der Waals surface area contributed by atoms with Gasteiger partial charge in [-0.15, -0.1) is 0 Å². The van der Waals surface area contributed by atoms with Crippen molar-refractivity contribution < 1.29 is 13.9 Å². The first-order valence-corrected chi connectivity index (χ1v) is 10.00. The van der Waals surface area contributed by atoms with Crippen molar-refractivity contribution in [3.05, 3.63) is 47.7 Å². The van der Waals surface area contributed by atoms with Gasteiger partial charge in [-0.25, -0.2) is 9.37 Å². The Morgan fingerprint density at radius 3 is 2.94 bits per heavy atom. The maximum Gasteiger partial charge on any atom is 0.240 e. The van der Waals surface area contributed by atoms with Gasteiger partial charge in [0.2, 0.25) is 11.8 Å². The van der Waals surface area contributed by atoms with E-state index < -0.39 is 24.2 Å². The third kappa shape index (κ3) is 4.27. The van der Waals surface area contributed by atoms with Crippen LogP contribution in [0.3, 0.4) is 0 Å². The lowest BCUT2D eigenvalue weighted by Crippen LogP contribution is -2.46. The van der Waals surface area contributed by atoms with E-state index in [1.54, 1.807) is 12.1 Å². The van der Waals surface area contributed by atoms with Crippen molar-refractivity contribution >= 4 is 11.6 Å². The van der Waals surface area contributed by atoms with Crippen LogP contribution in [0.5, 0.6) is 11.6 Å². The Morgan fingerprint density at radius 2 is 2.23 bits per heavy atom. The van der Waals surface area contributed by atoms with Gasteiger partial charge in [0.25, 0.3) is 0 Å². The van der Waals surface area contributed by atoms with E-state index >= 15 is 0 Å². The fraction of sp³-hybridized carbons (Fsp3) is 0.364. The summed E-state index contributed by atoms with van der Waals surface area (Å²) in [5.74, 6) is 0.518. The fourth-order valence-corrected chi connectivity index (χ4v) is 4.06. The Balaban J connectivity index is 1.45. The van der Waals surface area contributed by atoms with Crippen molar-refractivity contribution in [3.63, 3.8) is 0 Å². The first-order valence-electron chi connectivity index (χ1n) is 10.00. The largest absolute Gasteiger partial charge is 0.439 e. The van der Waals surface area contributed by atoms with E-state index in [0.29, 0.717) is 30.2 Å². The van der Waals surface area contributed by atoms with Crippen LogP contribution in [0.2, 0.25) is 0 Å². The van der Waals surface area contributed by atoms with Crippen LogP contribution in [0.1, 0.15) is 29.9 Å². The molecule has 4 atom stereocenters. The van der Waals surface area contributed by atoms with E-state index in [-0.39, 0.29) is 18.9 Å². The first kappa shape index (κ1) is 20.6. The summed E-state index contributed by atoms with van der Waals surface area (Å²) in [6.07, 6.45) is 0.646. The molecule has 2 aliphatic rings. The molecule has 1 aromatic heterocycles. The number of carbonyl (C=O) groups is 1. The number of nitrogens with two attached hydrogens (primary N) is 1. The van der Waals surface area contributed by atoms with Crippen molar-refractivity contribution in [2.45, 2.75) is 37.0 Å². The van der Waals surface area contributed by atoms with Gasteiger partial charge in [-0.3, -0.25) is 4.79 Å². The number of pyridine rings is 1. The zero-order valence-electron chi connectivity index (χ0n) is 16.7. The van der Waals surface area contributed by atoms with Gasteiger partial charge in [0.05, 0.1) is 24.2 Å². The Bertz CT molecular complexity index is 1060. The number of rotatable bonds is 5. The number of fused-ring (bicyclic) bond motifs is 1. The second-order valence-corrected chi connectivity index (χ2v) is 7.74. The molecule has 0 aliphatic carbocycles. The van der Waals surface area contributed by atoms with Crippen LogP contribution < -0.4 is 15.8 Å². The lowest BCUT2D eigenvalue weighted by atomic mass is 9.93. The summed E-state index contributed by atoms with van der Waals surface area (Å²) in [5, 5.41) is 21.3. The smallest absolute Gasteiger partial charge is 0.240 e. The van der Waals surface area contributed by atoms with Gasteiger partial charge in [0.1, 0.15) is 24.0 Å². The molecule has 3 N–H and O–H groups in total. The summed E-state index contributed by atoms with van der Waals surface area (Å²) in [6.45, 7) is 0.530. The molecule has 0 spiro atoms. The molecule has 1 aromatic carbocycles. The van der Waals surface area contributed by atoms with E-state index in [2.05, 4.69) is 10.3 Å². The molecule has 31 heavy (non-hydrogen) atoms. The first-order chi connectivity index (χ1) is 15.0. The Labute approximate surface area is 179 Å². The maximum absolute atomic E-state index is 13.7. The average molecular weight is 420 g/mol. The number of ether oxygens (including phenoxy) is 1. The maximum atomic E-state index is 13.7. The average Bonchev–Trinajstić information content (AvgIpc) is 3.36. The van der Waals surface area contributed by atoms with Crippen molar-refractivity contribution in [2.24, 2.45) is 5.73 Å². The zero-order valence-corrected chi connectivity index (χ0v) is 16.7. The number of alkyl halides is 1. The Morgan fingerprint density at radius 1 is 1.39 bits per heavy atom. The monoisotopic (exact) mass is 420 g/mol. The molecule has 9 heteroatoms. The van der Waals surface area contributed by atoms with Crippen molar-refractivity contribution in [3.8, 4) is 23.8 Å². The summed E-state index contributed by atoms with van der Waals surface area (Å²) in [7, 11) is 0.